The first-order valence-corrected chi connectivity index (χ1v) is 8.31. The fourth-order valence-corrected chi connectivity index (χ4v) is 4.00. The predicted molar refractivity (Wildman–Crippen MR) is 86.4 cm³/mol. The molecule has 0 saturated carbocycles. The summed E-state index contributed by atoms with van der Waals surface area (Å²) >= 11 is 0. The highest BCUT2D eigenvalue weighted by Crippen LogP contribution is 2.39. The van der Waals surface area contributed by atoms with Gasteiger partial charge in [-0.15, -0.1) is 0 Å². The summed E-state index contributed by atoms with van der Waals surface area (Å²) < 4.78 is 0. The molecular weight excluding hydrogens is 244 g/mol. The van der Waals surface area contributed by atoms with Gasteiger partial charge in [-0.2, -0.15) is 0 Å². The molecule has 20 heavy (non-hydrogen) atoms. The van der Waals surface area contributed by atoms with E-state index in [4.69, 9.17) is 0 Å². The van der Waals surface area contributed by atoms with Crippen molar-refractivity contribution in [3.63, 3.8) is 0 Å². The number of piperidine rings is 1. The maximum atomic E-state index is 3.55. The van der Waals surface area contributed by atoms with Crippen LogP contribution >= 0.6 is 0 Å². The van der Waals surface area contributed by atoms with E-state index in [1.165, 1.54) is 56.6 Å². The molecule has 0 aliphatic carbocycles. The topological polar surface area (TPSA) is 15.3 Å². The number of benzene rings is 1. The average Bonchev–Trinajstić information content (AvgIpc) is 2.92. The first-order chi connectivity index (χ1) is 9.76. The highest BCUT2D eigenvalue weighted by molar-refractivity contribution is 5.57. The van der Waals surface area contributed by atoms with Crippen LogP contribution < -0.4 is 5.32 Å². The van der Waals surface area contributed by atoms with E-state index in [-0.39, 0.29) is 0 Å². The van der Waals surface area contributed by atoms with Gasteiger partial charge in [0, 0.05) is 24.7 Å². The van der Waals surface area contributed by atoms with Gasteiger partial charge in [0.05, 0.1) is 0 Å². The molecule has 0 bridgehead atoms. The molecule has 0 spiro atoms. The van der Waals surface area contributed by atoms with Crippen LogP contribution in [0, 0.1) is 5.41 Å². The fraction of sp³-hybridized carbons (Fsp3) is 0.667. The summed E-state index contributed by atoms with van der Waals surface area (Å²) in [4.78, 5) is 2.69. The molecule has 2 aliphatic rings. The molecule has 3 rings (SSSR count). The van der Waals surface area contributed by atoms with E-state index in [9.17, 15) is 0 Å². The Hall–Kier alpha value is -1.02. The molecule has 1 saturated heterocycles. The molecule has 1 unspecified atom stereocenters. The molecule has 110 valence electrons. The Labute approximate surface area is 123 Å². The summed E-state index contributed by atoms with van der Waals surface area (Å²) in [6.45, 7) is 9.67. The molecule has 1 aromatic rings. The molecule has 2 heterocycles. The Morgan fingerprint density at radius 2 is 1.85 bits per heavy atom. The van der Waals surface area contributed by atoms with Gasteiger partial charge < -0.3 is 10.2 Å². The van der Waals surface area contributed by atoms with Crippen molar-refractivity contribution >= 4 is 5.69 Å². The largest absolute Gasteiger partial charge is 0.384 e. The maximum absolute atomic E-state index is 3.55. The second-order valence-corrected chi connectivity index (χ2v) is 6.67. The third kappa shape index (κ3) is 2.58. The highest BCUT2D eigenvalue weighted by atomic mass is 15.1. The van der Waals surface area contributed by atoms with E-state index in [1.807, 2.05) is 0 Å². The van der Waals surface area contributed by atoms with Crippen LogP contribution in [0.1, 0.15) is 51.0 Å². The van der Waals surface area contributed by atoms with Crippen molar-refractivity contribution in [2.24, 2.45) is 5.41 Å². The summed E-state index contributed by atoms with van der Waals surface area (Å²) in [5, 5.41) is 3.55. The number of hydrogen-bond donors (Lipinski definition) is 1. The molecule has 0 radical (unpaired) electrons. The molecule has 1 atom stereocenters. The molecule has 1 fully saturated rings. The van der Waals surface area contributed by atoms with E-state index in [2.05, 4.69) is 48.3 Å². The van der Waals surface area contributed by atoms with E-state index in [1.54, 1.807) is 0 Å². The van der Waals surface area contributed by atoms with Gasteiger partial charge in [0.1, 0.15) is 0 Å². The number of anilines is 1. The number of nitrogens with zero attached hydrogens (tertiary/aromatic N) is 1. The van der Waals surface area contributed by atoms with Gasteiger partial charge in [-0.25, -0.2) is 0 Å². The standard InChI is InChI=1S/C18H28N2/c1-3-18(4-2)9-11-20(12-10-18)14-15-13-19-17-8-6-5-7-16(15)17/h5-8,15,19H,3-4,9-14H2,1-2H3. The lowest BCUT2D eigenvalue weighted by Gasteiger charge is -2.41. The minimum absolute atomic E-state index is 0.641. The Kier molecular flexibility index (Phi) is 4.02. The van der Waals surface area contributed by atoms with Crippen molar-refractivity contribution < 1.29 is 0 Å². The molecule has 0 amide bonds. The summed E-state index contributed by atoms with van der Waals surface area (Å²) in [7, 11) is 0. The quantitative estimate of drug-likeness (QED) is 0.888. The second-order valence-electron chi connectivity index (χ2n) is 6.67. The van der Waals surface area contributed by atoms with Crippen LogP contribution in [0.15, 0.2) is 24.3 Å². The zero-order valence-electron chi connectivity index (χ0n) is 13.0. The van der Waals surface area contributed by atoms with Crippen LogP contribution in [0.3, 0.4) is 0 Å². The van der Waals surface area contributed by atoms with Gasteiger partial charge >= 0.3 is 0 Å². The van der Waals surface area contributed by atoms with Gasteiger partial charge in [-0.3, -0.25) is 0 Å². The lowest BCUT2D eigenvalue weighted by atomic mass is 9.74. The smallest absolute Gasteiger partial charge is 0.0376 e. The molecule has 1 N–H and O–H groups in total. The average molecular weight is 272 g/mol. The molecule has 0 aromatic heterocycles. The minimum Gasteiger partial charge on any atom is -0.384 e. The number of fused-ring (bicyclic) bond motifs is 1. The third-order valence-corrected chi connectivity index (χ3v) is 5.83. The summed E-state index contributed by atoms with van der Waals surface area (Å²) in [5.74, 6) is 0.682. The molecule has 2 aliphatic heterocycles. The summed E-state index contributed by atoms with van der Waals surface area (Å²) in [5.41, 5.74) is 3.52. The van der Waals surface area contributed by atoms with Gasteiger partial charge in [0.2, 0.25) is 0 Å². The van der Waals surface area contributed by atoms with E-state index in [0.717, 1.165) is 6.54 Å². The second kappa shape index (κ2) is 5.77. The minimum atomic E-state index is 0.641. The van der Waals surface area contributed by atoms with Crippen molar-refractivity contribution in [3.05, 3.63) is 29.8 Å². The highest BCUT2D eigenvalue weighted by Gasteiger charge is 2.32. The van der Waals surface area contributed by atoms with Crippen molar-refractivity contribution in [3.8, 4) is 0 Å². The first-order valence-electron chi connectivity index (χ1n) is 8.31. The van der Waals surface area contributed by atoms with Crippen LogP contribution in [-0.4, -0.2) is 31.1 Å². The van der Waals surface area contributed by atoms with Crippen molar-refractivity contribution in [2.75, 3.05) is 31.5 Å². The lowest BCUT2D eigenvalue weighted by Crippen LogP contribution is -2.41. The number of hydrogen-bond acceptors (Lipinski definition) is 2. The van der Waals surface area contributed by atoms with Gasteiger partial charge in [-0.1, -0.05) is 44.9 Å². The molecule has 1 aromatic carbocycles. The van der Waals surface area contributed by atoms with Gasteiger partial charge in [0.15, 0.2) is 0 Å². The van der Waals surface area contributed by atoms with Crippen LogP contribution in [0.5, 0.6) is 0 Å². The zero-order chi connectivity index (χ0) is 14.0. The summed E-state index contributed by atoms with van der Waals surface area (Å²) in [6.07, 6.45) is 5.49. The van der Waals surface area contributed by atoms with Crippen LogP contribution in [0.2, 0.25) is 0 Å². The Balaban J connectivity index is 1.59. The lowest BCUT2D eigenvalue weighted by molar-refractivity contribution is 0.0923. The molecule has 2 heteroatoms. The number of likely N-dealkylation sites (tertiary alicyclic amines) is 1. The number of nitrogens with one attached hydrogen (secondary N) is 1. The molecular formula is C18H28N2. The molecule has 2 nitrogen and oxygen atoms in total. The van der Waals surface area contributed by atoms with Crippen molar-refractivity contribution in [2.45, 2.75) is 45.4 Å². The van der Waals surface area contributed by atoms with E-state index in [0.29, 0.717) is 11.3 Å². The normalized spacial score (nSPS) is 25.2. The van der Waals surface area contributed by atoms with Gasteiger partial charge in [0.25, 0.3) is 0 Å². The Morgan fingerprint density at radius 3 is 2.55 bits per heavy atom. The Bertz CT molecular complexity index is 440. The van der Waals surface area contributed by atoms with Crippen molar-refractivity contribution in [1.82, 2.24) is 4.90 Å². The Morgan fingerprint density at radius 1 is 1.15 bits per heavy atom. The predicted octanol–water partition coefficient (Wildman–Crippen LogP) is 4.10. The number of para-hydroxylation sites is 1. The monoisotopic (exact) mass is 272 g/mol. The van der Waals surface area contributed by atoms with E-state index < -0.39 is 0 Å². The number of rotatable bonds is 4. The first kappa shape index (κ1) is 13.9. The fourth-order valence-electron chi connectivity index (χ4n) is 4.00. The van der Waals surface area contributed by atoms with Crippen LogP contribution in [-0.2, 0) is 0 Å². The van der Waals surface area contributed by atoms with E-state index >= 15 is 0 Å². The van der Waals surface area contributed by atoms with Crippen molar-refractivity contribution in [1.29, 1.82) is 0 Å². The zero-order valence-corrected chi connectivity index (χ0v) is 13.0. The SMILES string of the molecule is CCC1(CC)CCN(CC2CNc3ccccc32)CC1. The third-order valence-electron chi connectivity index (χ3n) is 5.83. The van der Waals surface area contributed by atoms with Crippen LogP contribution in [0.25, 0.3) is 0 Å². The summed E-state index contributed by atoms with van der Waals surface area (Å²) in [6, 6.07) is 8.82. The van der Waals surface area contributed by atoms with Crippen LogP contribution in [0.4, 0.5) is 5.69 Å². The maximum Gasteiger partial charge on any atom is 0.0376 e. The van der Waals surface area contributed by atoms with Gasteiger partial charge in [-0.05, 0) is 43.0 Å².